The Kier molecular flexibility index (Phi) is 8.90. The second kappa shape index (κ2) is 12.0. The normalized spacial score (nSPS) is 19.0. The largest absolute Gasteiger partial charge is 0.289 e. The van der Waals surface area contributed by atoms with Gasteiger partial charge in [-0.15, -0.1) is 7.48 Å². The summed E-state index contributed by atoms with van der Waals surface area (Å²) < 4.78 is 88.7. The Hall–Kier alpha value is -2.62. The molecule has 1 heterocycles. The van der Waals surface area contributed by atoms with E-state index in [9.17, 15) is 25.3 Å². The van der Waals surface area contributed by atoms with Crippen LogP contribution in [-0.2, 0) is 45.3 Å². The van der Waals surface area contributed by atoms with Crippen LogP contribution in [0.4, 0.5) is 0 Å². The predicted molar refractivity (Wildman–Crippen MR) is 172 cm³/mol. The predicted octanol–water partition coefficient (Wildman–Crippen LogP) is 5.72. The molecule has 2 atom stereocenters. The van der Waals surface area contributed by atoms with Crippen LogP contribution >= 0.6 is 23.2 Å². The van der Waals surface area contributed by atoms with E-state index >= 15 is 0 Å². The number of benzene rings is 4. The topological polar surface area (TPSA) is 130 Å². The molecule has 1 N–H and O–H groups in total. The lowest BCUT2D eigenvalue weighted by atomic mass is 10.1. The summed E-state index contributed by atoms with van der Waals surface area (Å²) in [7, 11) is -15.9. The summed E-state index contributed by atoms with van der Waals surface area (Å²) in [5, 5.41) is 0. The molecule has 1 aliphatic heterocycles. The van der Waals surface area contributed by atoms with Crippen molar-refractivity contribution < 1.29 is 25.3 Å². The van der Waals surface area contributed by atoms with Crippen LogP contribution < -0.4 is 4.72 Å². The maximum absolute atomic E-state index is 14.5. The molecule has 0 saturated heterocycles. The summed E-state index contributed by atoms with van der Waals surface area (Å²) in [6.45, 7) is 5.33. The van der Waals surface area contributed by atoms with E-state index in [4.69, 9.17) is 23.2 Å². The minimum absolute atomic E-state index is 0.0923. The highest BCUT2D eigenvalue weighted by Gasteiger charge is 2.55. The van der Waals surface area contributed by atoms with Crippen molar-refractivity contribution in [1.82, 2.24) is 8.43 Å². The van der Waals surface area contributed by atoms with Crippen molar-refractivity contribution in [2.45, 2.75) is 50.9 Å². The van der Waals surface area contributed by atoms with Gasteiger partial charge in [0, 0.05) is 21.3 Å². The first kappa shape index (κ1) is 32.8. The summed E-state index contributed by atoms with van der Waals surface area (Å²) in [6.07, 6.45) is -1.93. The third-order valence-electron chi connectivity index (χ3n) is 6.81. The number of sulfonamides is 3. The number of alkyl halides is 2. The van der Waals surface area contributed by atoms with Crippen molar-refractivity contribution in [2.75, 3.05) is 0 Å². The van der Waals surface area contributed by atoms with E-state index in [1.807, 2.05) is 0 Å². The quantitative estimate of drug-likeness (QED) is 0.244. The molecule has 5 rings (SSSR count). The average Bonchev–Trinajstić information content (AvgIpc) is 2.96. The van der Waals surface area contributed by atoms with Crippen LogP contribution in [0.2, 0.25) is 0 Å². The fraction of sp³-hybridized carbons (Fsp3) is 0.172. The maximum atomic E-state index is 14.5. The lowest BCUT2D eigenvalue weighted by Crippen LogP contribution is -2.60. The van der Waals surface area contributed by atoms with Crippen LogP contribution in [0.15, 0.2) is 120 Å². The Morgan fingerprint density at radius 2 is 1.14 bits per heavy atom. The first-order valence-corrected chi connectivity index (χ1v) is 19.3. The summed E-state index contributed by atoms with van der Waals surface area (Å²) in [5.41, 5.74) is 2.46. The zero-order chi connectivity index (χ0) is 32.1. The molecule has 0 bridgehead atoms. The van der Waals surface area contributed by atoms with E-state index < -0.39 is 51.4 Å². The highest BCUT2D eigenvalue weighted by Crippen LogP contribution is 2.49. The van der Waals surface area contributed by atoms with Gasteiger partial charge in [-0.1, -0.05) is 94.5 Å². The average molecular weight is 713 g/mol. The molecule has 0 aliphatic carbocycles. The van der Waals surface area contributed by atoms with Crippen LogP contribution in [0, 0.1) is 20.8 Å². The lowest BCUT2D eigenvalue weighted by Gasteiger charge is -2.43. The number of nitrogens with one attached hydrogen (secondary N) is 1. The van der Waals surface area contributed by atoms with Crippen LogP contribution in [0.5, 0.6) is 0 Å². The van der Waals surface area contributed by atoms with Gasteiger partial charge in [-0.3, -0.25) is 0 Å². The summed E-state index contributed by atoms with van der Waals surface area (Å²) in [6, 6.07) is 23.6. The molecule has 9 nitrogen and oxygen atoms in total. The molecule has 1 aliphatic rings. The van der Waals surface area contributed by atoms with Gasteiger partial charge in [0.2, 0.25) is 10.0 Å². The monoisotopic (exact) mass is 711 g/mol. The zero-order valence-electron chi connectivity index (χ0n) is 23.5. The smallest absolute Gasteiger partial charge is 0.207 e. The molecule has 232 valence electrons. The lowest BCUT2D eigenvalue weighted by molar-refractivity contribution is 0.384. The molecule has 0 spiro atoms. The Morgan fingerprint density at radius 3 is 1.66 bits per heavy atom. The number of nitrogens with zero attached hydrogens (tertiary/aromatic N) is 2. The van der Waals surface area contributed by atoms with Gasteiger partial charge in [-0.25, -0.2) is 16.8 Å². The van der Waals surface area contributed by atoms with Crippen LogP contribution in [0.3, 0.4) is 0 Å². The minimum atomic E-state index is -4.72. The van der Waals surface area contributed by atoms with Gasteiger partial charge in [0.15, 0.2) is 4.33 Å². The van der Waals surface area contributed by atoms with E-state index in [0.717, 1.165) is 16.7 Å². The zero-order valence-corrected chi connectivity index (χ0v) is 28.3. The molecule has 15 heteroatoms. The molecule has 44 heavy (non-hydrogen) atoms. The second-order valence-electron chi connectivity index (χ2n) is 10.2. The summed E-state index contributed by atoms with van der Waals surface area (Å²) in [5.74, 6) is 0. The Labute approximate surface area is 270 Å². The van der Waals surface area contributed by atoms with Crippen molar-refractivity contribution in [2.24, 2.45) is 3.77 Å². The first-order valence-electron chi connectivity index (χ1n) is 13.0. The molecular weight excluding hydrogens is 686 g/mol. The van der Waals surface area contributed by atoms with E-state index in [1.54, 1.807) is 69.3 Å². The van der Waals surface area contributed by atoms with Crippen molar-refractivity contribution >= 4 is 64.1 Å². The van der Waals surface area contributed by atoms with E-state index in [2.05, 4.69) is 8.49 Å². The van der Waals surface area contributed by atoms with Crippen molar-refractivity contribution in [3.63, 3.8) is 0 Å². The van der Waals surface area contributed by atoms with Crippen molar-refractivity contribution in [1.29, 1.82) is 0 Å². The first-order chi connectivity index (χ1) is 20.5. The fourth-order valence-electron chi connectivity index (χ4n) is 4.39. The number of hydrogen-bond acceptors (Lipinski definition) is 6. The number of halogens is 2. The molecular formula is C29H27Cl2N3O6S4. The second-order valence-corrected chi connectivity index (χ2v) is 18.7. The minimum Gasteiger partial charge on any atom is -0.207 e. The van der Waals surface area contributed by atoms with Gasteiger partial charge < -0.3 is 0 Å². The van der Waals surface area contributed by atoms with E-state index in [0.29, 0.717) is 3.71 Å². The van der Waals surface area contributed by atoms with Gasteiger partial charge in [0.05, 0.1) is 14.7 Å². The van der Waals surface area contributed by atoms with E-state index in [-0.39, 0.29) is 25.1 Å². The van der Waals surface area contributed by atoms with Crippen LogP contribution in [0.25, 0.3) is 0 Å². The SMILES string of the molecule is Cc1ccc(S(=O)(=O)/N=S2\c3ccccc3C(Cl)(Cl)C(NS(=O)(=O)c3ccc(C)cc3)N2S(=O)(=O)c2ccc(C)cc2)cc1. The number of aryl methyl sites for hydroxylation is 3. The highest BCUT2D eigenvalue weighted by molar-refractivity contribution is 8.06. The van der Waals surface area contributed by atoms with Crippen LogP contribution in [-0.4, -0.2) is 35.1 Å². The number of fused-ring (bicyclic) bond motifs is 1. The van der Waals surface area contributed by atoms with Crippen LogP contribution in [0.1, 0.15) is 22.3 Å². The summed E-state index contributed by atoms with van der Waals surface area (Å²) >= 11 is 13.8. The highest BCUT2D eigenvalue weighted by atomic mass is 35.5. The van der Waals surface area contributed by atoms with Crippen molar-refractivity contribution in [3.05, 3.63) is 119 Å². The van der Waals surface area contributed by atoms with Gasteiger partial charge in [0.25, 0.3) is 20.0 Å². The molecule has 0 aromatic heterocycles. The molecule has 0 amide bonds. The number of hydrogen-bond donors (Lipinski definition) is 1. The van der Waals surface area contributed by atoms with Gasteiger partial charge in [-0.05, 0) is 63.2 Å². The molecule has 0 radical (unpaired) electrons. The summed E-state index contributed by atoms with van der Waals surface area (Å²) in [4.78, 5) is -0.504. The molecule has 0 saturated carbocycles. The van der Waals surface area contributed by atoms with Gasteiger partial charge in [0.1, 0.15) is 6.17 Å². The fourth-order valence-corrected chi connectivity index (χ4v) is 12.9. The number of rotatable bonds is 7. The third kappa shape index (κ3) is 6.24. The van der Waals surface area contributed by atoms with Gasteiger partial charge in [-0.2, -0.15) is 13.1 Å². The third-order valence-corrected chi connectivity index (χ3v) is 15.1. The Balaban J connectivity index is 1.82. The van der Waals surface area contributed by atoms with Crippen molar-refractivity contribution in [3.8, 4) is 0 Å². The Bertz CT molecular complexity index is 2090. The van der Waals surface area contributed by atoms with E-state index in [1.165, 1.54) is 48.5 Å². The molecule has 4 aromatic carbocycles. The molecule has 4 aromatic rings. The molecule has 2 unspecified atom stereocenters. The molecule has 0 fully saturated rings. The maximum Gasteiger partial charge on any atom is 0.289 e. The Morgan fingerprint density at radius 1 is 0.682 bits per heavy atom. The standard InChI is InChI=1S/C29H27Cl2N3O6S4/c1-20-8-14-23(15-9-20)42(35,36)32-28-29(30,31)26-6-4-5-7-27(26)41(33-43(37,38)24-16-10-21(2)11-17-24)34(28)44(39,40)25-18-12-22(3)13-19-25/h4-19,28,32H,1-3H3. The van der Waals surface area contributed by atoms with Gasteiger partial charge >= 0.3 is 0 Å².